The highest BCUT2D eigenvalue weighted by atomic mass is 19.4. The number of carbonyl (C=O) groups excluding carboxylic acids is 2. The van der Waals surface area contributed by atoms with E-state index in [1.165, 1.54) is 31.6 Å². The predicted molar refractivity (Wildman–Crippen MR) is 101 cm³/mol. The Morgan fingerprint density at radius 3 is 2.58 bits per heavy atom. The van der Waals surface area contributed by atoms with Gasteiger partial charge in [-0.25, -0.2) is 4.68 Å². The van der Waals surface area contributed by atoms with Crippen molar-refractivity contribution in [2.24, 2.45) is 0 Å². The van der Waals surface area contributed by atoms with Gasteiger partial charge in [-0.3, -0.25) is 14.6 Å². The maximum Gasteiger partial charge on any atom is 0.434 e. The van der Waals surface area contributed by atoms with Crippen molar-refractivity contribution in [2.45, 2.75) is 12.6 Å². The number of anilines is 1. The molecule has 0 saturated carbocycles. The first kappa shape index (κ1) is 21.7. The van der Waals surface area contributed by atoms with Crippen LogP contribution in [0.4, 0.5) is 18.9 Å². The van der Waals surface area contributed by atoms with Crippen LogP contribution in [-0.4, -0.2) is 50.4 Å². The van der Waals surface area contributed by atoms with Crippen LogP contribution in [0.5, 0.6) is 5.88 Å². The minimum Gasteiger partial charge on any atom is -0.480 e. The average Bonchev–Trinajstić information content (AvgIpc) is 3.20. The first-order valence-corrected chi connectivity index (χ1v) is 8.81. The molecule has 0 bridgehead atoms. The number of rotatable bonds is 7. The maximum absolute atomic E-state index is 13.6. The number of alkyl halides is 3. The van der Waals surface area contributed by atoms with E-state index in [-0.39, 0.29) is 24.7 Å². The minimum atomic E-state index is -4.90. The van der Waals surface area contributed by atoms with Crippen LogP contribution < -0.4 is 15.4 Å². The van der Waals surface area contributed by atoms with Gasteiger partial charge in [0, 0.05) is 25.2 Å². The Morgan fingerprint density at radius 2 is 1.97 bits per heavy atom. The second-order valence-corrected chi connectivity index (χ2v) is 6.05. The molecular formula is C18H16F3N7O3. The zero-order valence-corrected chi connectivity index (χ0v) is 16.1. The molecule has 0 aliphatic rings. The Hall–Kier alpha value is -4.03. The smallest absolute Gasteiger partial charge is 0.434 e. The summed E-state index contributed by atoms with van der Waals surface area (Å²) >= 11 is 0. The van der Waals surface area contributed by atoms with E-state index in [0.29, 0.717) is 10.4 Å². The van der Waals surface area contributed by atoms with Crippen LogP contribution in [0.3, 0.4) is 0 Å². The Morgan fingerprint density at radius 1 is 1.16 bits per heavy atom. The molecule has 0 unspecified atom stereocenters. The molecule has 3 rings (SSSR count). The summed E-state index contributed by atoms with van der Waals surface area (Å²) in [4.78, 5) is 28.1. The lowest BCUT2D eigenvalue weighted by Crippen LogP contribution is -2.29. The van der Waals surface area contributed by atoms with E-state index < -0.39 is 29.2 Å². The van der Waals surface area contributed by atoms with Gasteiger partial charge in [0.1, 0.15) is 0 Å². The van der Waals surface area contributed by atoms with Crippen LogP contribution in [0.2, 0.25) is 0 Å². The van der Waals surface area contributed by atoms with Gasteiger partial charge in [0.15, 0.2) is 11.5 Å². The highest BCUT2D eigenvalue weighted by Gasteiger charge is 2.41. The van der Waals surface area contributed by atoms with Crippen molar-refractivity contribution in [1.82, 2.24) is 30.3 Å². The number of aromatic nitrogens is 5. The molecule has 0 fully saturated rings. The first-order chi connectivity index (χ1) is 14.8. The lowest BCUT2D eigenvalue weighted by molar-refractivity contribution is -0.143. The van der Waals surface area contributed by atoms with Crippen molar-refractivity contribution >= 4 is 17.5 Å². The van der Waals surface area contributed by atoms with Crippen molar-refractivity contribution in [3.8, 4) is 11.7 Å². The number of pyridine rings is 1. The van der Waals surface area contributed by atoms with Gasteiger partial charge < -0.3 is 15.4 Å². The lowest BCUT2D eigenvalue weighted by atomic mass is 10.2. The summed E-state index contributed by atoms with van der Waals surface area (Å²) in [5.41, 5.74) is -1.57. The Balaban J connectivity index is 1.70. The summed E-state index contributed by atoms with van der Waals surface area (Å²) < 4.78 is 46.2. The third-order valence-electron chi connectivity index (χ3n) is 3.92. The molecule has 3 aromatic rings. The molecule has 13 heteroatoms. The number of hydrogen-bond donors (Lipinski definition) is 2. The molecule has 0 aliphatic heterocycles. The Labute approximate surface area is 173 Å². The molecule has 0 atom stereocenters. The number of nitrogens with zero attached hydrogens (tertiary/aromatic N) is 5. The highest BCUT2D eigenvalue weighted by Crippen LogP contribution is 2.33. The van der Waals surface area contributed by atoms with Gasteiger partial charge in [0.2, 0.25) is 11.8 Å². The Kier molecular flexibility index (Phi) is 6.43. The summed E-state index contributed by atoms with van der Waals surface area (Å²) in [6.45, 7) is -0.185. The van der Waals surface area contributed by atoms with E-state index in [1.807, 2.05) is 0 Å². The molecule has 162 valence electrons. The summed E-state index contributed by atoms with van der Waals surface area (Å²) in [5, 5.41) is 15.7. The fourth-order valence-corrected chi connectivity index (χ4v) is 2.54. The van der Waals surface area contributed by atoms with Crippen molar-refractivity contribution < 1.29 is 27.5 Å². The molecule has 0 aromatic carbocycles. The van der Waals surface area contributed by atoms with Gasteiger partial charge in [-0.05, 0) is 18.2 Å². The van der Waals surface area contributed by atoms with Gasteiger partial charge >= 0.3 is 6.18 Å². The number of ether oxygens (including phenoxy) is 1. The number of hydrogen-bond acceptors (Lipinski definition) is 7. The number of nitrogens with one attached hydrogen (secondary N) is 2. The normalized spacial score (nSPS) is 11.1. The molecule has 0 radical (unpaired) electrons. The van der Waals surface area contributed by atoms with Crippen LogP contribution in [-0.2, 0) is 11.0 Å². The van der Waals surface area contributed by atoms with Crippen molar-refractivity contribution in [1.29, 1.82) is 0 Å². The van der Waals surface area contributed by atoms with Gasteiger partial charge in [0.25, 0.3) is 5.91 Å². The second-order valence-electron chi connectivity index (χ2n) is 6.05. The van der Waals surface area contributed by atoms with E-state index >= 15 is 0 Å². The molecule has 3 heterocycles. The fourth-order valence-electron chi connectivity index (χ4n) is 2.54. The number of methoxy groups -OCH3 is 1. The van der Waals surface area contributed by atoms with Gasteiger partial charge in [-0.15, -0.1) is 10.2 Å². The van der Waals surface area contributed by atoms with Gasteiger partial charge in [-0.2, -0.15) is 18.3 Å². The van der Waals surface area contributed by atoms with Crippen LogP contribution in [0.25, 0.3) is 5.82 Å². The second kappa shape index (κ2) is 9.19. The molecule has 2 N–H and O–H groups in total. The maximum atomic E-state index is 13.6. The minimum absolute atomic E-state index is 0.104. The first-order valence-electron chi connectivity index (χ1n) is 8.81. The number of amides is 2. The monoisotopic (exact) mass is 435 g/mol. The molecule has 10 nitrogen and oxygen atoms in total. The molecule has 0 spiro atoms. The Bertz CT molecular complexity index is 1050. The van der Waals surface area contributed by atoms with Gasteiger partial charge in [-0.1, -0.05) is 0 Å². The van der Waals surface area contributed by atoms with Crippen molar-refractivity contribution in [3.05, 3.63) is 54.1 Å². The lowest BCUT2D eigenvalue weighted by Gasteiger charge is -2.12. The standard InChI is InChI=1S/C18H16F3N7O3/c1-31-15-5-4-13(26-27-15)28-16(18(19,20)21)12(10-24-28)17(30)23-8-6-14(29)25-11-3-2-7-22-9-11/h2-5,7,9-10H,6,8H2,1H3,(H,23,30)(H,25,29). The molecule has 2 amide bonds. The fraction of sp³-hybridized carbons (Fsp3) is 0.222. The largest absolute Gasteiger partial charge is 0.480 e. The highest BCUT2D eigenvalue weighted by molar-refractivity contribution is 5.96. The van der Waals surface area contributed by atoms with E-state index in [9.17, 15) is 22.8 Å². The summed E-state index contributed by atoms with van der Waals surface area (Å²) in [6.07, 6.45) is -1.31. The number of halogens is 3. The molecule has 3 aromatic heterocycles. The molecular weight excluding hydrogens is 419 g/mol. The third kappa shape index (κ3) is 5.32. The molecule has 31 heavy (non-hydrogen) atoms. The van der Waals surface area contributed by atoms with Crippen LogP contribution in [0.15, 0.2) is 42.9 Å². The molecule has 0 saturated heterocycles. The quantitative estimate of drug-likeness (QED) is 0.580. The van der Waals surface area contributed by atoms with Crippen LogP contribution in [0.1, 0.15) is 22.5 Å². The zero-order chi connectivity index (χ0) is 22.4. The van der Waals surface area contributed by atoms with Crippen LogP contribution in [0, 0.1) is 0 Å². The molecule has 0 aliphatic carbocycles. The zero-order valence-electron chi connectivity index (χ0n) is 16.1. The van der Waals surface area contributed by atoms with Crippen molar-refractivity contribution in [3.63, 3.8) is 0 Å². The predicted octanol–water partition coefficient (Wildman–Crippen LogP) is 1.84. The summed E-state index contributed by atoms with van der Waals surface area (Å²) in [6, 6.07) is 5.78. The van der Waals surface area contributed by atoms with E-state index in [0.717, 1.165) is 6.20 Å². The number of carbonyl (C=O) groups is 2. The van der Waals surface area contributed by atoms with E-state index in [1.54, 1.807) is 12.1 Å². The van der Waals surface area contributed by atoms with Crippen LogP contribution >= 0.6 is 0 Å². The summed E-state index contributed by atoms with van der Waals surface area (Å²) in [7, 11) is 1.33. The third-order valence-corrected chi connectivity index (χ3v) is 3.92. The summed E-state index contributed by atoms with van der Waals surface area (Å²) in [5.74, 6) is -1.61. The average molecular weight is 435 g/mol. The van der Waals surface area contributed by atoms with E-state index in [4.69, 9.17) is 4.74 Å². The van der Waals surface area contributed by atoms with Gasteiger partial charge in [0.05, 0.1) is 30.8 Å². The topological polar surface area (TPSA) is 124 Å². The van der Waals surface area contributed by atoms with Crippen molar-refractivity contribution in [2.75, 3.05) is 19.0 Å². The SMILES string of the molecule is COc1ccc(-n2ncc(C(=O)NCCC(=O)Nc3cccnc3)c2C(F)(F)F)nn1. The van der Waals surface area contributed by atoms with E-state index in [2.05, 4.69) is 30.9 Å².